The zero-order valence-electron chi connectivity index (χ0n) is 10.9. The van der Waals surface area contributed by atoms with E-state index in [1.165, 1.54) is 11.9 Å². The first-order valence-electron chi connectivity index (χ1n) is 5.68. The number of carboxylic acids is 1. The minimum atomic E-state index is -3.70. The van der Waals surface area contributed by atoms with Crippen molar-refractivity contribution < 1.29 is 23.1 Å². The van der Waals surface area contributed by atoms with Crippen LogP contribution >= 0.6 is 0 Å². The molecule has 0 aromatic carbocycles. The average Bonchev–Trinajstić information content (AvgIpc) is 2.28. The molecule has 0 saturated heterocycles. The van der Waals surface area contributed by atoms with Crippen molar-refractivity contribution >= 4 is 21.9 Å². The van der Waals surface area contributed by atoms with E-state index in [2.05, 4.69) is 0 Å². The number of carboxylic acid groups (broad SMARTS) is 1. The number of likely N-dealkylation sites (N-methyl/N-ethyl adjacent to an activating group) is 2. The van der Waals surface area contributed by atoms with E-state index in [0.29, 0.717) is 13.1 Å². The molecule has 0 bridgehead atoms. The summed E-state index contributed by atoms with van der Waals surface area (Å²) >= 11 is 0. The fraction of sp³-hybridized carbons (Fsp3) is 0.800. The maximum Gasteiger partial charge on any atom is 0.304 e. The molecule has 0 rings (SSSR count). The Hall–Kier alpha value is -1.15. The molecule has 0 spiro atoms. The van der Waals surface area contributed by atoms with E-state index in [1.807, 2.05) is 0 Å². The van der Waals surface area contributed by atoms with Gasteiger partial charge < -0.3 is 10.0 Å². The third-order valence-electron chi connectivity index (χ3n) is 2.52. The van der Waals surface area contributed by atoms with Gasteiger partial charge in [0.25, 0.3) is 0 Å². The average molecular weight is 280 g/mol. The van der Waals surface area contributed by atoms with Gasteiger partial charge in [0.1, 0.15) is 0 Å². The summed E-state index contributed by atoms with van der Waals surface area (Å²) in [7, 11) is -2.42. The van der Waals surface area contributed by atoms with Crippen LogP contribution < -0.4 is 0 Å². The minimum Gasteiger partial charge on any atom is -0.481 e. The maximum absolute atomic E-state index is 11.7. The first kappa shape index (κ1) is 16.9. The van der Waals surface area contributed by atoms with Crippen molar-refractivity contribution in [3.63, 3.8) is 0 Å². The van der Waals surface area contributed by atoms with Gasteiger partial charge in [0.2, 0.25) is 15.9 Å². The first-order chi connectivity index (χ1) is 8.24. The highest BCUT2D eigenvalue weighted by atomic mass is 32.2. The Morgan fingerprint density at radius 1 is 1.17 bits per heavy atom. The molecule has 0 atom stereocenters. The molecule has 0 radical (unpaired) electrons. The van der Waals surface area contributed by atoms with Crippen LogP contribution in [0.5, 0.6) is 0 Å². The topological polar surface area (TPSA) is 95.0 Å². The third-order valence-corrected chi connectivity index (χ3v) is 4.32. The molecule has 0 heterocycles. The Morgan fingerprint density at radius 2 is 1.67 bits per heavy atom. The predicted octanol–water partition coefficient (Wildman–Crippen LogP) is -0.409. The Kier molecular flexibility index (Phi) is 6.85. The minimum absolute atomic E-state index is 0.260. The van der Waals surface area contributed by atoms with Crippen molar-refractivity contribution in [3.8, 4) is 0 Å². The van der Waals surface area contributed by atoms with Crippen LogP contribution in [-0.2, 0) is 19.6 Å². The Bertz CT molecular complexity index is 389. The number of sulfonamides is 1. The summed E-state index contributed by atoms with van der Waals surface area (Å²) in [5.41, 5.74) is 0. The molecule has 0 aliphatic carbocycles. The second kappa shape index (κ2) is 7.32. The summed E-state index contributed by atoms with van der Waals surface area (Å²) < 4.78 is 24.2. The predicted molar refractivity (Wildman–Crippen MR) is 66.6 cm³/mol. The number of aliphatic carboxylic acids is 1. The number of hydrogen-bond donors (Lipinski definition) is 1. The lowest BCUT2D eigenvalue weighted by Gasteiger charge is -2.22. The molecule has 0 fully saturated rings. The van der Waals surface area contributed by atoms with Gasteiger partial charge in [-0.2, -0.15) is 4.31 Å². The van der Waals surface area contributed by atoms with Gasteiger partial charge in [-0.1, -0.05) is 0 Å². The van der Waals surface area contributed by atoms with Crippen LogP contribution in [0.4, 0.5) is 0 Å². The quantitative estimate of drug-likeness (QED) is 0.652. The zero-order valence-corrected chi connectivity index (χ0v) is 11.7. The molecule has 0 saturated carbocycles. The number of hydrogen-bond acceptors (Lipinski definition) is 4. The van der Waals surface area contributed by atoms with Crippen molar-refractivity contribution in [1.82, 2.24) is 9.21 Å². The van der Waals surface area contributed by atoms with Crippen molar-refractivity contribution in [3.05, 3.63) is 0 Å². The number of carbonyl (C=O) groups is 2. The molecule has 0 unspecified atom stereocenters. The molecule has 106 valence electrons. The van der Waals surface area contributed by atoms with E-state index >= 15 is 0 Å². The van der Waals surface area contributed by atoms with Crippen LogP contribution in [0.1, 0.15) is 20.3 Å². The van der Waals surface area contributed by atoms with E-state index in [-0.39, 0.29) is 12.5 Å². The number of nitrogens with zero attached hydrogens (tertiary/aromatic N) is 2. The highest BCUT2D eigenvalue weighted by Gasteiger charge is 2.23. The van der Waals surface area contributed by atoms with Gasteiger partial charge in [-0.3, -0.25) is 9.59 Å². The van der Waals surface area contributed by atoms with Gasteiger partial charge in [0.05, 0.1) is 18.7 Å². The summed E-state index contributed by atoms with van der Waals surface area (Å²) in [4.78, 5) is 23.6. The standard InChI is InChI=1S/C10H20N2O5S/c1-4-12(5-2)9(13)8-11(3)18(16,17)7-6-10(14)15/h4-8H2,1-3H3,(H,14,15). The molecule has 1 amide bonds. The summed E-state index contributed by atoms with van der Waals surface area (Å²) in [5.74, 6) is -1.96. The summed E-state index contributed by atoms with van der Waals surface area (Å²) in [6, 6.07) is 0. The van der Waals surface area contributed by atoms with Crippen LogP contribution in [0.15, 0.2) is 0 Å². The van der Waals surface area contributed by atoms with Crippen LogP contribution in [-0.4, -0.2) is 67.0 Å². The van der Waals surface area contributed by atoms with Crippen LogP contribution in [0.3, 0.4) is 0 Å². The van der Waals surface area contributed by atoms with E-state index in [9.17, 15) is 18.0 Å². The molecular formula is C10H20N2O5S. The number of amides is 1. The highest BCUT2D eigenvalue weighted by molar-refractivity contribution is 7.89. The molecule has 0 aromatic rings. The summed E-state index contributed by atoms with van der Waals surface area (Å²) in [6.45, 7) is 4.38. The van der Waals surface area contributed by atoms with Crippen LogP contribution in [0, 0.1) is 0 Å². The number of carbonyl (C=O) groups excluding carboxylic acids is 1. The van der Waals surface area contributed by atoms with E-state index < -0.39 is 28.2 Å². The largest absolute Gasteiger partial charge is 0.481 e. The van der Waals surface area contributed by atoms with Crippen molar-refractivity contribution in [2.75, 3.05) is 32.4 Å². The van der Waals surface area contributed by atoms with Gasteiger partial charge in [0.15, 0.2) is 0 Å². The number of rotatable bonds is 8. The lowest BCUT2D eigenvalue weighted by molar-refractivity contribution is -0.136. The van der Waals surface area contributed by atoms with E-state index in [1.54, 1.807) is 13.8 Å². The van der Waals surface area contributed by atoms with Gasteiger partial charge in [-0.15, -0.1) is 0 Å². The fourth-order valence-corrected chi connectivity index (χ4v) is 2.39. The van der Waals surface area contributed by atoms with Crippen LogP contribution in [0.2, 0.25) is 0 Å². The molecule has 8 heteroatoms. The first-order valence-corrected chi connectivity index (χ1v) is 7.29. The third kappa shape index (κ3) is 5.46. The molecule has 0 aromatic heterocycles. The van der Waals surface area contributed by atoms with Crippen molar-refractivity contribution in [1.29, 1.82) is 0 Å². The Morgan fingerprint density at radius 3 is 2.06 bits per heavy atom. The Labute approximate surface area is 107 Å². The highest BCUT2D eigenvalue weighted by Crippen LogP contribution is 2.02. The second-order valence-corrected chi connectivity index (χ2v) is 5.98. The molecule has 0 aliphatic rings. The van der Waals surface area contributed by atoms with Crippen molar-refractivity contribution in [2.24, 2.45) is 0 Å². The Balaban J connectivity index is 4.51. The molecule has 7 nitrogen and oxygen atoms in total. The van der Waals surface area contributed by atoms with Gasteiger partial charge in [-0.25, -0.2) is 8.42 Å². The van der Waals surface area contributed by atoms with Gasteiger partial charge in [0, 0.05) is 20.1 Å². The molecule has 0 aliphatic heterocycles. The lowest BCUT2D eigenvalue weighted by atomic mass is 10.4. The van der Waals surface area contributed by atoms with Gasteiger partial charge >= 0.3 is 5.97 Å². The lowest BCUT2D eigenvalue weighted by Crippen LogP contribution is -2.41. The zero-order chi connectivity index (χ0) is 14.3. The van der Waals surface area contributed by atoms with E-state index in [0.717, 1.165) is 4.31 Å². The molecule has 1 N–H and O–H groups in total. The SMILES string of the molecule is CCN(CC)C(=O)CN(C)S(=O)(=O)CCC(=O)O. The smallest absolute Gasteiger partial charge is 0.304 e. The van der Waals surface area contributed by atoms with Gasteiger partial charge in [-0.05, 0) is 13.8 Å². The normalized spacial score (nSPS) is 11.6. The van der Waals surface area contributed by atoms with Crippen molar-refractivity contribution in [2.45, 2.75) is 20.3 Å². The van der Waals surface area contributed by atoms with E-state index in [4.69, 9.17) is 5.11 Å². The monoisotopic (exact) mass is 280 g/mol. The van der Waals surface area contributed by atoms with Crippen LogP contribution in [0.25, 0.3) is 0 Å². The second-order valence-electron chi connectivity index (χ2n) is 3.78. The molecular weight excluding hydrogens is 260 g/mol. The maximum atomic E-state index is 11.7. The molecule has 18 heavy (non-hydrogen) atoms. The summed E-state index contributed by atoms with van der Waals surface area (Å²) in [6.07, 6.45) is -0.466. The fourth-order valence-electron chi connectivity index (χ4n) is 1.34. The summed E-state index contributed by atoms with van der Waals surface area (Å²) in [5, 5.41) is 8.45.